The summed E-state index contributed by atoms with van der Waals surface area (Å²) < 4.78 is 15.5. The summed E-state index contributed by atoms with van der Waals surface area (Å²) in [7, 11) is 3.12. The van der Waals surface area contributed by atoms with Crippen LogP contribution in [0.1, 0.15) is 24.4 Å². The van der Waals surface area contributed by atoms with Crippen LogP contribution in [0.5, 0.6) is 11.5 Å². The van der Waals surface area contributed by atoms with E-state index in [4.69, 9.17) is 19.9 Å². The number of hydrogen-bond acceptors (Lipinski definition) is 6. The normalized spacial score (nSPS) is 18.6. The van der Waals surface area contributed by atoms with Gasteiger partial charge in [-0.3, -0.25) is 14.4 Å². The van der Waals surface area contributed by atoms with E-state index < -0.39 is 30.4 Å². The van der Waals surface area contributed by atoms with E-state index in [2.05, 4.69) is 0 Å². The van der Waals surface area contributed by atoms with Gasteiger partial charge in [-0.2, -0.15) is 0 Å². The van der Waals surface area contributed by atoms with Crippen molar-refractivity contribution in [3.8, 4) is 11.5 Å². The molecule has 1 fully saturated rings. The van der Waals surface area contributed by atoms with Gasteiger partial charge in [-0.05, 0) is 48.4 Å². The van der Waals surface area contributed by atoms with Crippen LogP contribution in [0, 0.1) is 5.92 Å². The highest BCUT2D eigenvalue weighted by atomic mass is 16.5. The van der Waals surface area contributed by atoms with Crippen LogP contribution in [-0.2, 0) is 19.1 Å². The Bertz CT molecular complexity index is 910. The van der Waals surface area contributed by atoms with Gasteiger partial charge in [-0.15, -0.1) is 0 Å². The van der Waals surface area contributed by atoms with Crippen LogP contribution in [0.2, 0.25) is 0 Å². The number of esters is 1. The number of nitrogens with zero attached hydrogens (tertiary/aromatic N) is 1. The van der Waals surface area contributed by atoms with Gasteiger partial charge in [-0.1, -0.05) is 12.1 Å². The number of piperidine rings is 1. The molecule has 0 spiro atoms. The molecule has 8 heteroatoms. The molecule has 8 nitrogen and oxygen atoms in total. The van der Waals surface area contributed by atoms with Crippen LogP contribution in [0.15, 0.2) is 48.5 Å². The summed E-state index contributed by atoms with van der Waals surface area (Å²) in [4.78, 5) is 38.4. The zero-order chi connectivity index (χ0) is 21.7. The zero-order valence-corrected chi connectivity index (χ0v) is 16.9. The number of amides is 2. The highest BCUT2D eigenvalue weighted by molar-refractivity contribution is 5.97. The molecule has 1 aliphatic rings. The van der Waals surface area contributed by atoms with E-state index in [1.165, 1.54) is 0 Å². The molecule has 2 aromatic carbocycles. The van der Waals surface area contributed by atoms with Gasteiger partial charge < -0.3 is 24.8 Å². The first-order chi connectivity index (χ1) is 14.4. The van der Waals surface area contributed by atoms with Crippen LogP contribution >= 0.6 is 0 Å². The Labute approximate surface area is 174 Å². The quantitative estimate of drug-likeness (QED) is 0.699. The average Bonchev–Trinajstić information content (AvgIpc) is 2.77. The van der Waals surface area contributed by atoms with Crippen LogP contribution in [-0.4, -0.2) is 38.6 Å². The number of rotatable bonds is 7. The van der Waals surface area contributed by atoms with Crippen molar-refractivity contribution >= 4 is 23.5 Å². The minimum absolute atomic E-state index is 0.111. The van der Waals surface area contributed by atoms with Crippen molar-refractivity contribution in [1.29, 1.82) is 0 Å². The predicted molar refractivity (Wildman–Crippen MR) is 109 cm³/mol. The lowest BCUT2D eigenvalue weighted by Gasteiger charge is -2.40. The van der Waals surface area contributed by atoms with E-state index in [0.717, 1.165) is 5.56 Å². The SMILES string of the molecule is COc1ccc([C@H]2[C@@H](C(=O)OCC(N)=O)CCC(=O)N2c2ccc(OC)cc2)cc1. The van der Waals surface area contributed by atoms with Crippen molar-refractivity contribution in [2.45, 2.75) is 18.9 Å². The molecule has 2 amide bonds. The summed E-state index contributed by atoms with van der Waals surface area (Å²) in [6.07, 6.45) is 0.481. The second kappa shape index (κ2) is 9.30. The summed E-state index contributed by atoms with van der Waals surface area (Å²) in [5.41, 5.74) is 6.49. The fraction of sp³-hybridized carbons (Fsp3) is 0.318. The lowest BCUT2D eigenvalue weighted by atomic mass is 9.83. The molecule has 1 heterocycles. The Morgan fingerprint density at radius 3 is 2.10 bits per heavy atom. The van der Waals surface area contributed by atoms with Gasteiger partial charge in [0.25, 0.3) is 5.91 Å². The summed E-state index contributed by atoms with van der Waals surface area (Å²) in [6.45, 7) is -0.499. The second-order valence-corrected chi connectivity index (χ2v) is 6.90. The molecule has 2 aromatic rings. The molecule has 158 valence electrons. The maximum atomic E-state index is 12.9. The summed E-state index contributed by atoms with van der Waals surface area (Å²) >= 11 is 0. The molecule has 2 N–H and O–H groups in total. The number of primary amides is 1. The van der Waals surface area contributed by atoms with Crippen LogP contribution < -0.4 is 20.1 Å². The third-order valence-corrected chi connectivity index (χ3v) is 5.06. The minimum Gasteiger partial charge on any atom is -0.497 e. The molecule has 0 saturated carbocycles. The van der Waals surface area contributed by atoms with Crippen molar-refractivity contribution in [3.63, 3.8) is 0 Å². The van der Waals surface area contributed by atoms with Gasteiger partial charge in [0.05, 0.1) is 26.2 Å². The number of anilines is 1. The molecule has 2 atom stereocenters. The van der Waals surface area contributed by atoms with Crippen LogP contribution in [0.4, 0.5) is 5.69 Å². The summed E-state index contributed by atoms with van der Waals surface area (Å²) in [5, 5.41) is 0. The fourth-order valence-electron chi connectivity index (χ4n) is 3.62. The molecule has 0 aromatic heterocycles. The highest BCUT2D eigenvalue weighted by Crippen LogP contribution is 2.41. The van der Waals surface area contributed by atoms with Crippen molar-refractivity contribution in [3.05, 3.63) is 54.1 Å². The van der Waals surface area contributed by atoms with Gasteiger partial charge in [0.15, 0.2) is 6.61 Å². The minimum atomic E-state index is -0.733. The molecule has 3 rings (SSSR count). The smallest absolute Gasteiger partial charge is 0.311 e. The first-order valence-corrected chi connectivity index (χ1v) is 9.49. The first-order valence-electron chi connectivity index (χ1n) is 9.49. The molecule has 0 unspecified atom stereocenters. The van der Waals surface area contributed by atoms with E-state index in [-0.39, 0.29) is 12.3 Å². The molecular formula is C22H24N2O6. The van der Waals surface area contributed by atoms with E-state index >= 15 is 0 Å². The number of hydrogen-bond donors (Lipinski definition) is 1. The molecule has 0 bridgehead atoms. The number of carbonyl (C=O) groups is 3. The maximum Gasteiger partial charge on any atom is 0.311 e. The Morgan fingerprint density at radius 1 is 1.00 bits per heavy atom. The number of nitrogens with two attached hydrogens (primary N) is 1. The van der Waals surface area contributed by atoms with Crippen LogP contribution in [0.25, 0.3) is 0 Å². The molecule has 1 aliphatic heterocycles. The summed E-state index contributed by atoms with van der Waals surface area (Å²) in [5.74, 6) is -0.757. The summed E-state index contributed by atoms with van der Waals surface area (Å²) in [6, 6.07) is 13.6. The lowest BCUT2D eigenvalue weighted by Crippen LogP contribution is -2.46. The van der Waals surface area contributed by atoms with E-state index in [0.29, 0.717) is 23.6 Å². The second-order valence-electron chi connectivity index (χ2n) is 6.90. The Balaban J connectivity index is 2.02. The number of methoxy groups -OCH3 is 2. The Morgan fingerprint density at radius 2 is 1.57 bits per heavy atom. The van der Waals surface area contributed by atoms with Crippen molar-refractivity contribution in [2.24, 2.45) is 11.7 Å². The fourth-order valence-corrected chi connectivity index (χ4v) is 3.62. The van der Waals surface area contributed by atoms with Crippen LogP contribution in [0.3, 0.4) is 0 Å². The van der Waals surface area contributed by atoms with Gasteiger partial charge >= 0.3 is 5.97 Å². The van der Waals surface area contributed by atoms with Gasteiger partial charge in [0.1, 0.15) is 11.5 Å². The van der Waals surface area contributed by atoms with Crippen molar-refractivity contribution in [2.75, 3.05) is 25.7 Å². The van der Waals surface area contributed by atoms with E-state index in [1.807, 2.05) is 12.1 Å². The number of benzene rings is 2. The molecule has 1 saturated heterocycles. The predicted octanol–water partition coefficient (Wildman–Crippen LogP) is 2.22. The van der Waals surface area contributed by atoms with Gasteiger partial charge in [-0.25, -0.2) is 0 Å². The zero-order valence-electron chi connectivity index (χ0n) is 16.9. The first kappa shape index (κ1) is 21.2. The standard InChI is InChI=1S/C22H24N2O6/c1-28-16-7-3-14(4-8-16)21-18(22(27)30-13-19(23)25)11-12-20(26)24(21)15-5-9-17(29-2)10-6-15/h3-10,18,21H,11-13H2,1-2H3,(H2,23,25)/t18-,21-/m0/s1. The van der Waals surface area contributed by atoms with E-state index in [1.54, 1.807) is 55.5 Å². The largest absolute Gasteiger partial charge is 0.497 e. The number of ether oxygens (including phenoxy) is 3. The maximum absolute atomic E-state index is 12.9. The number of carbonyl (C=O) groups excluding carboxylic acids is 3. The van der Waals surface area contributed by atoms with Crippen molar-refractivity contribution < 1.29 is 28.6 Å². The molecule has 30 heavy (non-hydrogen) atoms. The Hall–Kier alpha value is -3.55. The van der Waals surface area contributed by atoms with Gasteiger partial charge in [0, 0.05) is 12.1 Å². The lowest BCUT2D eigenvalue weighted by molar-refractivity contribution is -0.154. The van der Waals surface area contributed by atoms with E-state index in [9.17, 15) is 14.4 Å². The molecular weight excluding hydrogens is 388 g/mol. The van der Waals surface area contributed by atoms with Crippen molar-refractivity contribution in [1.82, 2.24) is 0 Å². The third kappa shape index (κ3) is 4.53. The topological polar surface area (TPSA) is 108 Å². The molecule has 0 aliphatic carbocycles. The monoisotopic (exact) mass is 412 g/mol. The third-order valence-electron chi connectivity index (χ3n) is 5.06. The average molecular weight is 412 g/mol. The highest BCUT2D eigenvalue weighted by Gasteiger charge is 2.42. The molecule has 0 radical (unpaired) electrons. The Kier molecular flexibility index (Phi) is 6.56. The van der Waals surface area contributed by atoms with Gasteiger partial charge in [0.2, 0.25) is 5.91 Å².